The first kappa shape index (κ1) is 35.7. The molecule has 0 amide bonds. The predicted octanol–water partition coefficient (Wildman–Crippen LogP) is 2.04. The number of likely N-dealkylation sites (tertiary alicyclic amines) is 2. The minimum Gasteiger partial charge on any atom is -0.481 e. The fourth-order valence-corrected chi connectivity index (χ4v) is 4.71. The second-order valence-electron chi connectivity index (χ2n) is 9.81. The third-order valence-corrected chi connectivity index (χ3v) is 6.77. The van der Waals surface area contributed by atoms with E-state index in [-0.39, 0.29) is 37.8 Å². The van der Waals surface area contributed by atoms with E-state index in [4.69, 9.17) is 31.9 Å². The molecule has 2 rings (SSSR count). The largest absolute Gasteiger partial charge is 0.481 e. The number of carboxylic acids is 4. The van der Waals surface area contributed by atoms with Gasteiger partial charge in [-0.15, -0.1) is 0 Å². The summed E-state index contributed by atoms with van der Waals surface area (Å²) in [4.78, 5) is 46.2. The number of hydrogen-bond donors (Lipinski definition) is 6. The lowest BCUT2D eigenvalue weighted by atomic mass is 9.98. The standard InChI is InChI=1S/2C11H19NO4.C4H12N2/c2*13-10(14)5-4-9-3-1-2-7-12(9)8-6-11(15)16;5-3-1-2-4-6/h2*9H,1-8H2,(H,13,14)(H,15,16);1-6H2. The molecule has 12 heteroatoms. The molecule has 0 radical (unpaired) electrons. The Hall–Kier alpha value is -2.28. The Labute approximate surface area is 226 Å². The van der Waals surface area contributed by atoms with Crippen LogP contribution in [-0.2, 0) is 19.2 Å². The fraction of sp³-hybridized carbons (Fsp3) is 0.846. The molecule has 12 nitrogen and oxygen atoms in total. The summed E-state index contributed by atoms with van der Waals surface area (Å²) in [6, 6.07) is 0.508. The Kier molecular flexibility index (Phi) is 21.3. The number of hydrogen-bond acceptors (Lipinski definition) is 8. The van der Waals surface area contributed by atoms with Gasteiger partial charge in [0.25, 0.3) is 0 Å². The normalized spacial score (nSPS) is 19.8. The van der Waals surface area contributed by atoms with Gasteiger partial charge in [-0.25, -0.2) is 0 Å². The highest BCUT2D eigenvalue weighted by Crippen LogP contribution is 2.22. The van der Waals surface area contributed by atoms with Crippen molar-refractivity contribution in [1.82, 2.24) is 9.80 Å². The lowest BCUT2D eigenvalue weighted by molar-refractivity contribution is -0.139. The van der Waals surface area contributed by atoms with Crippen LogP contribution in [0, 0.1) is 0 Å². The van der Waals surface area contributed by atoms with Crippen molar-refractivity contribution in [3.05, 3.63) is 0 Å². The monoisotopic (exact) mass is 546 g/mol. The third kappa shape index (κ3) is 19.8. The smallest absolute Gasteiger partial charge is 0.304 e. The molecule has 2 aliphatic heterocycles. The van der Waals surface area contributed by atoms with Crippen LogP contribution in [0.3, 0.4) is 0 Å². The third-order valence-electron chi connectivity index (χ3n) is 6.77. The van der Waals surface area contributed by atoms with Crippen LogP contribution < -0.4 is 11.5 Å². The number of rotatable bonds is 15. The molecule has 0 aromatic carbocycles. The highest BCUT2D eigenvalue weighted by molar-refractivity contribution is 5.67. The molecule has 38 heavy (non-hydrogen) atoms. The molecule has 0 aliphatic carbocycles. The minimum absolute atomic E-state index is 0.142. The Balaban J connectivity index is 0.000000596. The molecular weight excluding hydrogens is 496 g/mol. The molecule has 2 unspecified atom stereocenters. The van der Waals surface area contributed by atoms with Gasteiger partial charge in [-0.1, -0.05) is 12.8 Å². The van der Waals surface area contributed by atoms with Crippen LogP contribution in [-0.4, -0.2) is 105 Å². The molecule has 2 atom stereocenters. The number of carbonyl (C=O) groups is 4. The van der Waals surface area contributed by atoms with Gasteiger partial charge in [-0.05, 0) is 77.5 Å². The molecular formula is C26H50N4O8. The molecule has 0 aromatic heterocycles. The molecule has 0 saturated carbocycles. The SMILES string of the molecule is NCCCCN.O=C(O)CCC1CCCCN1CCC(=O)O.O=C(O)CCC1CCCCN1CCC(=O)O. The maximum atomic E-state index is 10.5. The van der Waals surface area contributed by atoms with E-state index in [9.17, 15) is 19.2 Å². The number of nitrogens with zero attached hydrogens (tertiary/aromatic N) is 2. The van der Waals surface area contributed by atoms with Gasteiger partial charge in [0.2, 0.25) is 0 Å². The van der Waals surface area contributed by atoms with Crippen LogP contribution in [0.4, 0.5) is 0 Å². The maximum Gasteiger partial charge on any atom is 0.304 e. The Morgan fingerprint density at radius 3 is 1.21 bits per heavy atom. The van der Waals surface area contributed by atoms with Crippen molar-refractivity contribution in [1.29, 1.82) is 0 Å². The maximum absolute atomic E-state index is 10.5. The molecule has 0 bridgehead atoms. The molecule has 2 saturated heterocycles. The molecule has 2 fully saturated rings. The van der Waals surface area contributed by atoms with Gasteiger partial charge in [0, 0.05) is 38.0 Å². The van der Waals surface area contributed by atoms with Crippen LogP contribution in [0.5, 0.6) is 0 Å². The molecule has 0 aromatic rings. The molecule has 2 aliphatic rings. The topological polar surface area (TPSA) is 208 Å². The fourth-order valence-electron chi connectivity index (χ4n) is 4.71. The van der Waals surface area contributed by atoms with E-state index in [1.807, 2.05) is 0 Å². The Morgan fingerprint density at radius 2 is 0.921 bits per heavy atom. The lowest BCUT2D eigenvalue weighted by Crippen LogP contribution is -2.40. The summed E-state index contributed by atoms with van der Waals surface area (Å²) in [5.41, 5.74) is 10.3. The summed E-state index contributed by atoms with van der Waals surface area (Å²) in [5.74, 6) is -3.13. The molecule has 8 N–H and O–H groups in total. The summed E-state index contributed by atoms with van der Waals surface area (Å²) in [6.07, 6.45) is 10.4. The van der Waals surface area contributed by atoms with E-state index < -0.39 is 23.9 Å². The van der Waals surface area contributed by atoms with E-state index in [1.54, 1.807) is 0 Å². The zero-order valence-electron chi connectivity index (χ0n) is 22.8. The first-order valence-corrected chi connectivity index (χ1v) is 13.9. The highest BCUT2D eigenvalue weighted by atomic mass is 16.4. The lowest BCUT2D eigenvalue weighted by Gasteiger charge is -2.35. The zero-order chi connectivity index (χ0) is 28.8. The van der Waals surface area contributed by atoms with Crippen LogP contribution in [0.15, 0.2) is 0 Å². The van der Waals surface area contributed by atoms with Crippen LogP contribution in [0.2, 0.25) is 0 Å². The van der Waals surface area contributed by atoms with Crippen molar-refractivity contribution in [3.8, 4) is 0 Å². The second-order valence-corrected chi connectivity index (χ2v) is 9.81. The summed E-state index contributed by atoms with van der Waals surface area (Å²) >= 11 is 0. The molecule has 2 heterocycles. The van der Waals surface area contributed by atoms with E-state index in [1.165, 1.54) is 0 Å². The second kappa shape index (κ2) is 22.7. The average Bonchev–Trinajstić information content (AvgIpc) is 2.88. The predicted molar refractivity (Wildman–Crippen MR) is 144 cm³/mol. The van der Waals surface area contributed by atoms with E-state index in [2.05, 4.69) is 9.80 Å². The summed E-state index contributed by atoms with van der Waals surface area (Å²) < 4.78 is 0. The van der Waals surface area contributed by atoms with E-state index in [0.717, 1.165) is 77.5 Å². The van der Waals surface area contributed by atoms with Crippen molar-refractivity contribution >= 4 is 23.9 Å². The van der Waals surface area contributed by atoms with Crippen molar-refractivity contribution in [2.75, 3.05) is 39.3 Å². The minimum atomic E-state index is -0.789. The molecule has 222 valence electrons. The number of unbranched alkanes of at least 4 members (excludes halogenated alkanes) is 1. The highest BCUT2D eigenvalue weighted by Gasteiger charge is 2.24. The number of piperidine rings is 2. The van der Waals surface area contributed by atoms with Gasteiger partial charge < -0.3 is 31.9 Å². The van der Waals surface area contributed by atoms with Crippen LogP contribution >= 0.6 is 0 Å². The first-order valence-electron chi connectivity index (χ1n) is 13.9. The van der Waals surface area contributed by atoms with Crippen LogP contribution in [0.1, 0.15) is 89.9 Å². The van der Waals surface area contributed by atoms with Gasteiger partial charge >= 0.3 is 23.9 Å². The van der Waals surface area contributed by atoms with E-state index in [0.29, 0.717) is 25.9 Å². The summed E-state index contributed by atoms with van der Waals surface area (Å²) in [7, 11) is 0. The first-order chi connectivity index (χ1) is 18.1. The summed E-state index contributed by atoms with van der Waals surface area (Å²) in [6.45, 7) is 4.43. The van der Waals surface area contributed by atoms with Crippen molar-refractivity contribution in [2.45, 2.75) is 102 Å². The Bertz CT molecular complexity index is 572. The van der Waals surface area contributed by atoms with Gasteiger partial charge in [0.1, 0.15) is 0 Å². The Morgan fingerprint density at radius 1 is 0.579 bits per heavy atom. The zero-order valence-corrected chi connectivity index (χ0v) is 22.8. The average molecular weight is 547 g/mol. The molecule has 0 spiro atoms. The van der Waals surface area contributed by atoms with Crippen LogP contribution in [0.25, 0.3) is 0 Å². The van der Waals surface area contributed by atoms with Gasteiger partial charge in [0.05, 0.1) is 12.8 Å². The van der Waals surface area contributed by atoms with Gasteiger partial charge in [0.15, 0.2) is 0 Å². The number of nitrogens with two attached hydrogens (primary N) is 2. The van der Waals surface area contributed by atoms with Gasteiger partial charge in [-0.2, -0.15) is 0 Å². The van der Waals surface area contributed by atoms with Crippen molar-refractivity contribution in [3.63, 3.8) is 0 Å². The number of aliphatic carboxylic acids is 4. The number of carboxylic acid groups (broad SMARTS) is 4. The van der Waals surface area contributed by atoms with Crippen molar-refractivity contribution in [2.24, 2.45) is 11.5 Å². The van der Waals surface area contributed by atoms with Crippen molar-refractivity contribution < 1.29 is 39.6 Å². The quantitative estimate of drug-likeness (QED) is 0.163. The summed E-state index contributed by atoms with van der Waals surface area (Å²) in [5, 5.41) is 34.5. The van der Waals surface area contributed by atoms with Gasteiger partial charge in [-0.3, -0.25) is 29.0 Å². The van der Waals surface area contributed by atoms with E-state index >= 15 is 0 Å².